The molecule has 0 spiro atoms. The van der Waals surface area contributed by atoms with Crippen LogP contribution in [0.25, 0.3) is 23.0 Å². The minimum absolute atomic E-state index is 0.0974. The van der Waals surface area contributed by atoms with E-state index in [9.17, 15) is 9.59 Å². The fraction of sp³-hybridized carbons (Fsp3) is 0.320. The van der Waals surface area contributed by atoms with Crippen molar-refractivity contribution in [3.63, 3.8) is 0 Å². The number of hydrogen-bond acceptors (Lipinski definition) is 3. The fourth-order valence-electron chi connectivity index (χ4n) is 4.16. The van der Waals surface area contributed by atoms with Crippen molar-refractivity contribution in [3.8, 4) is 11.3 Å². The first-order chi connectivity index (χ1) is 14.9. The van der Waals surface area contributed by atoms with Crippen LogP contribution >= 0.6 is 0 Å². The van der Waals surface area contributed by atoms with Gasteiger partial charge in [0.15, 0.2) is 0 Å². The van der Waals surface area contributed by atoms with Gasteiger partial charge in [0, 0.05) is 44.4 Å². The van der Waals surface area contributed by atoms with Crippen LogP contribution in [-0.4, -0.2) is 46.2 Å². The Hall–Kier alpha value is -3.41. The van der Waals surface area contributed by atoms with Crippen molar-refractivity contribution in [1.29, 1.82) is 0 Å². The van der Waals surface area contributed by atoms with Gasteiger partial charge in [-0.15, -0.1) is 0 Å². The van der Waals surface area contributed by atoms with Gasteiger partial charge in [-0.1, -0.05) is 11.6 Å². The highest BCUT2D eigenvalue weighted by atomic mass is 16.2. The van der Waals surface area contributed by atoms with Crippen molar-refractivity contribution in [1.82, 2.24) is 19.6 Å². The summed E-state index contributed by atoms with van der Waals surface area (Å²) in [4.78, 5) is 30.6. The van der Waals surface area contributed by atoms with Gasteiger partial charge >= 0.3 is 0 Å². The van der Waals surface area contributed by atoms with E-state index in [4.69, 9.17) is 4.98 Å². The Bertz CT molecular complexity index is 1200. The average molecular weight is 417 g/mol. The van der Waals surface area contributed by atoms with Crippen LogP contribution < -0.4 is 5.32 Å². The Morgan fingerprint density at radius 1 is 1.10 bits per heavy atom. The number of piperidine rings is 1. The molecule has 1 aromatic carbocycles. The summed E-state index contributed by atoms with van der Waals surface area (Å²) >= 11 is 0. The SMILES string of the molecule is CNC(=O)c1ccc(-c2nc3cc(C)ccn3c2C=C2CCN(C(C)=O)CC2)c(C)c1. The number of aryl methyl sites for hydroxylation is 2. The molecule has 6 heteroatoms. The lowest BCUT2D eigenvalue weighted by atomic mass is 9.98. The molecule has 1 aliphatic rings. The molecule has 2 amide bonds. The van der Waals surface area contributed by atoms with Crippen LogP contribution in [0.5, 0.6) is 0 Å². The van der Waals surface area contributed by atoms with Gasteiger partial charge in [-0.3, -0.25) is 14.0 Å². The second kappa shape index (κ2) is 8.38. The summed E-state index contributed by atoms with van der Waals surface area (Å²) in [7, 11) is 1.64. The fourth-order valence-corrected chi connectivity index (χ4v) is 4.16. The van der Waals surface area contributed by atoms with Gasteiger partial charge in [-0.05, 0) is 68.2 Å². The summed E-state index contributed by atoms with van der Waals surface area (Å²) in [6, 6.07) is 9.90. The molecule has 1 N–H and O–H groups in total. The summed E-state index contributed by atoms with van der Waals surface area (Å²) in [6.07, 6.45) is 6.03. The van der Waals surface area contributed by atoms with Crippen molar-refractivity contribution < 1.29 is 9.59 Å². The number of rotatable bonds is 3. The molecule has 0 radical (unpaired) electrons. The number of nitrogens with zero attached hydrogens (tertiary/aromatic N) is 3. The van der Waals surface area contributed by atoms with Crippen LogP contribution in [0.3, 0.4) is 0 Å². The molecule has 3 heterocycles. The highest BCUT2D eigenvalue weighted by molar-refractivity contribution is 5.95. The van der Waals surface area contributed by atoms with Crippen molar-refractivity contribution in [3.05, 3.63) is 64.5 Å². The molecule has 1 saturated heterocycles. The number of imidazole rings is 1. The van der Waals surface area contributed by atoms with Crippen molar-refractivity contribution in [2.45, 2.75) is 33.6 Å². The number of carbonyl (C=O) groups is 2. The Morgan fingerprint density at radius 3 is 2.48 bits per heavy atom. The van der Waals surface area contributed by atoms with Gasteiger partial charge in [0.05, 0.1) is 11.4 Å². The van der Waals surface area contributed by atoms with Crippen LogP contribution in [0, 0.1) is 13.8 Å². The molecule has 4 rings (SSSR count). The van der Waals surface area contributed by atoms with E-state index >= 15 is 0 Å². The Balaban J connectivity index is 1.80. The molecule has 3 aromatic rings. The standard InChI is InChI=1S/C25H28N4O2/c1-16-7-12-29-22(15-19-8-10-28(11-9-19)18(3)30)24(27-23(29)13-16)21-6-5-20(14-17(21)2)25(31)26-4/h5-7,12-15H,8-11H2,1-4H3,(H,26,31). The molecular weight excluding hydrogens is 388 g/mol. The lowest BCUT2D eigenvalue weighted by Gasteiger charge is -2.27. The zero-order chi connectivity index (χ0) is 22.1. The topological polar surface area (TPSA) is 66.7 Å². The van der Waals surface area contributed by atoms with Crippen LogP contribution in [0.15, 0.2) is 42.1 Å². The van der Waals surface area contributed by atoms with E-state index in [1.54, 1.807) is 14.0 Å². The molecule has 6 nitrogen and oxygen atoms in total. The molecule has 0 atom stereocenters. The Morgan fingerprint density at radius 2 is 1.84 bits per heavy atom. The van der Waals surface area contributed by atoms with Crippen LogP contribution in [-0.2, 0) is 4.79 Å². The van der Waals surface area contributed by atoms with Gasteiger partial charge in [0.25, 0.3) is 5.91 Å². The van der Waals surface area contributed by atoms with Crippen molar-refractivity contribution in [2.24, 2.45) is 0 Å². The van der Waals surface area contributed by atoms with Gasteiger partial charge in [-0.2, -0.15) is 0 Å². The summed E-state index contributed by atoms with van der Waals surface area (Å²) in [5.41, 5.74) is 7.99. The second-order valence-electron chi connectivity index (χ2n) is 8.20. The number of nitrogens with one attached hydrogen (secondary N) is 1. The number of pyridine rings is 1. The third-order valence-electron chi connectivity index (χ3n) is 5.98. The third kappa shape index (κ3) is 4.10. The molecule has 2 aromatic heterocycles. The predicted molar refractivity (Wildman–Crippen MR) is 123 cm³/mol. The number of carbonyl (C=O) groups excluding carboxylic acids is 2. The van der Waals surface area contributed by atoms with Crippen LogP contribution in [0.2, 0.25) is 0 Å². The van der Waals surface area contributed by atoms with Gasteiger partial charge in [0.1, 0.15) is 5.65 Å². The van der Waals surface area contributed by atoms with E-state index in [-0.39, 0.29) is 11.8 Å². The minimum Gasteiger partial charge on any atom is -0.355 e. The lowest BCUT2D eigenvalue weighted by Crippen LogP contribution is -2.34. The molecule has 0 bridgehead atoms. The first-order valence-electron chi connectivity index (χ1n) is 10.6. The number of likely N-dealkylation sites (tertiary alicyclic amines) is 1. The molecular formula is C25H28N4O2. The molecule has 0 saturated carbocycles. The van der Waals surface area contributed by atoms with E-state index in [2.05, 4.69) is 41.0 Å². The molecule has 1 fully saturated rings. The number of aromatic nitrogens is 2. The smallest absolute Gasteiger partial charge is 0.251 e. The summed E-state index contributed by atoms with van der Waals surface area (Å²) < 4.78 is 2.12. The zero-order valence-corrected chi connectivity index (χ0v) is 18.5. The van der Waals surface area contributed by atoms with Crippen molar-refractivity contribution in [2.75, 3.05) is 20.1 Å². The van der Waals surface area contributed by atoms with Gasteiger partial charge in [-0.25, -0.2) is 4.98 Å². The van der Waals surface area contributed by atoms with E-state index in [1.165, 1.54) is 5.57 Å². The Labute approximate surface area is 182 Å². The summed E-state index contributed by atoms with van der Waals surface area (Å²) in [6.45, 7) is 7.22. The predicted octanol–water partition coefficient (Wildman–Crippen LogP) is 4.00. The molecule has 0 unspecified atom stereocenters. The average Bonchev–Trinajstić information content (AvgIpc) is 3.10. The second-order valence-corrected chi connectivity index (χ2v) is 8.20. The monoisotopic (exact) mass is 416 g/mol. The van der Waals surface area contributed by atoms with Crippen LogP contribution in [0.4, 0.5) is 0 Å². The van der Waals surface area contributed by atoms with E-state index in [0.29, 0.717) is 5.56 Å². The summed E-state index contributed by atoms with van der Waals surface area (Å²) in [5.74, 6) is 0.0386. The van der Waals surface area contributed by atoms with E-state index in [0.717, 1.165) is 59.7 Å². The Kier molecular flexibility index (Phi) is 5.63. The first kappa shape index (κ1) is 20.8. The number of fused-ring (bicyclic) bond motifs is 1. The van der Waals surface area contributed by atoms with Crippen molar-refractivity contribution >= 4 is 23.5 Å². The first-order valence-corrected chi connectivity index (χ1v) is 10.6. The molecule has 160 valence electrons. The maximum Gasteiger partial charge on any atom is 0.251 e. The van der Waals surface area contributed by atoms with Crippen LogP contribution in [0.1, 0.15) is 46.9 Å². The highest BCUT2D eigenvalue weighted by Gasteiger charge is 2.19. The third-order valence-corrected chi connectivity index (χ3v) is 5.98. The number of hydrogen-bond donors (Lipinski definition) is 1. The van der Waals surface area contributed by atoms with E-state index in [1.807, 2.05) is 30.0 Å². The maximum absolute atomic E-state index is 12.0. The van der Waals surface area contributed by atoms with Gasteiger partial charge < -0.3 is 10.2 Å². The maximum atomic E-state index is 12.0. The quantitative estimate of drug-likeness (QED) is 0.702. The highest BCUT2D eigenvalue weighted by Crippen LogP contribution is 2.31. The summed E-state index contributed by atoms with van der Waals surface area (Å²) in [5, 5.41) is 2.68. The molecule has 31 heavy (non-hydrogen) atoms. The molecule has 1 aliphatic heterocycles. The minimum atomic E-state index is -0.0974. The number of amides is 2. The van der Waals surface area contributed by atoms with E-state index < -0.39 is 0 Å². The number of benzene rings is 1. The molecule has 0 aliphatic carbocycles. The zero-order valence-electron chi connectivity index (χ0n) is 18.5. The normalized spacial score (nSPS) is 14.1. The lowest BCUT2D eigenvalue weighted by molar-refractivity contribution is -0.129. The van der Waals surface area contributed by atoms with Gasteiger partial charge in [0.2, 0.25) is 5.91 Å². The largest absolute Gasteiger partial charge is 0.355 e.